The lowest BCUT2D eigenvalue weighted by Gasteiger charge is -2.15. The van der Waals surface area contributed by atoms with E-state index in [4.69, 9.17) is 9.47 Å². The summed E-state index contributed by atoms with van der Waals surface area (Å²) in [4.78, 5) is 42.1. The number of ether oxygens (including phenoxy) is 2. The maximum absolute atomic E-state index is 13.4. The first-order valence-corrected chi connectivity index (χ1v) is 15.0. The topological polar surface area (TPSA) is 109 Å². The molecule has 0 fully saturated rings. The van der Waals surface area contributed by atoms with Crippen LogP contribution >= 0.6 is 11.8 Å². The first kappa shape index (κ1) is 32.7. The number of hydrogen-bond donors (Lipinski definition) is 3. The zero-order valence-corrected chi connectivity index (χ0v) is 26.6. The molecule has 45 heavy (non-hydrogen) atoms. The number of hydrogen-bond acceptors (Lipinski definition) is 7. The number of benzene rings is 4. The van der Waals surface area contributed by atoms with E-state index in [-0.39, 0.29) is 11.6 Å². The summed E-state index contributed by atoms with van der Waals surface area (Å²) in [5, 5.41) is 8.09. The second-order valence-electron chi connectivity index (χ2n) is 10.2. The van der Waals surface area contributed by atoms with Crippen molar-refractivity contribution >= 4 is 52.6 Å². The number of rotatable bonds is 12. The van der Waals surface area contributed by atoms with Crippen LogP contribution < -0.4 is 30.3 Å². The lowest BCUT2D eigenvalue weighted by Crippen LogP contribution is -2.30. The van der Waals surface area contributed by atoms with Gasteiger partial charge in [0.25, 0.3) is 11.8 Å². The Morgan fingerprint density at radius 3 is 2.13 bits per heavy atom. The van der Waals surface area contributed by atoms with E-state index in [1.807, 2.05) is 61.5 Å². The molecule has 0 saturated carbocycles. The Morgan fingerprint density at radius 1 is 0.822 bits per heavy atom. The Kier molecular flexibility index (Phi) is 11.3. The molecule has 0 spiro atoms. The molecular weight excluding hydrogens is 588 g/mol. The quantitative estimate of drug-likeness (QED) is 0.125. The van der Waals surface area contributed by atoms with Crippen molar-refractivity contribution < 1.29 is 23.9 Å². The molecule has 4 rings (SSSR count). The molecular formula is C35H36N4O5S. The van der Waals surface area contributed by atoms with Gasteiger partial charge in [0.15, 0.2) is 0 Å². The molecule has 0 aliphatic carbocycles. The Labute approximate surface area is 267 Å². The smallest absolute Gasteiger partial charge is 0.272 e. The maximum atomic E-state index is 13.4. The third-order valence-corrected chi connectivity index (χ3v) is 7.82. The Balaban J connectivity index is 1.44. The molecule has 9 nitrogen and oxygen atoms in total. The molecule has 3 N–H and O–H groups in total. The first-order chi connectivity index (χ1) is 21.7. The summed E-state index contributed by atoms with van der Waals surface area (Å²) in [5.74, 6) is 0.0552. The van der Waals surface area contributed by atoms with Gasteiger partial charge in [-0.3, -0.25) is 14.4 Å². The lowest BCUT2D eigenvalue weighted by molar-refractivity contribution is -0.115. The van der Waals surface area contributed by atoms with Crippen molar-refractivity contribution in [2.45, 2.75) is 17.1 Å². The summed E-state index contributed by atoms with van der Waals surface area (Å²) < 4.78 is 10.6. The highest BCUT2D eigenvalue weighted by molar-refractivity contribution is 8.00. The predicted octanol–water partition coefficient (Wildman–Crippen LogP) is 6.30. The van der Waals surface area contributed by atoms with Crippen LogP contribution in [0.4, 0.5) is 17.1 Å². The van der Waals surface area contributed by atoms with Crippen LogP contribution in [0.5, 0.6) is 11.5 Å². The van der Waals surface area contributed by atoms with Crippen LogP contribution in [-0.2, 0) is 9.59 Å². The van der Waals surface area contributed by atoms with Gasteiger partial charge in [-0.2, -0.15) is 0 Å². The largest absolute Gasteiger partial charge is 0.497 e. The van der Waals surface area contributed by atoms with Crippen molar-refractivity contribution in [3.8, 4) is 11.5 Å². The zero-order chi connectivity index (χ0) is 32.3. The van der Waals surface area contributed by atoms with E-state index >= 15 is 0 Å². The van der Waals surface area contributed by atoms with Gasteiger partial charge in [-0.15, -0.1) is 11.8 Å². The van der Waals surface area contributed by atoms with Gasteiger partial charge in [0.05, 0.1) is 25.2 Å². The Morgan fingerprint density at radius 2 is 1.51 bits per heavy atom. The minimum Gasteiger partial charge on any atom is -0.497 e. The summed E-state index contributed by atoms with van der Waals surface area (Å²) in [5.41, 5.74) is 3.34. The van der Waals surface area contributed by atoms with E-state index in [0.29, 0.717) is 28.4 Å². The van der Waals surface area contributed by atoms with Crippen molar-refractivity contribution in [1.82, 2.24) is 5.32 Å². The molecule has 232 valence electrons. The van der Waals surface area contributed by atoms with Crippen LogP contribution in [0.2, 0.25) is 0 Å². The molecule has 0 aliphatic rings. The Bertz CT molecular complexity index is 1660. The molecule has 4 aromatic rings. The number of methoxy groups -OCH3 is 2. The van der Waals surface area contributed by atoms with Gasteiger partial charge in [-0.25, -0.2) is 0 Å². The summed E-state index contributed by atoms with van der Waals surface area (Å²) in [6, 6.07) is 28.7. The van der Waals surface area contributed by atoms with Gasteiger partial charge in [0, 0.05) is 42.0 Å². The van der Waals surface area contributed by atoms with E-state index in [1.54, 1.807) is 74.7 Å². The zero-order valence-electron chi connectivity index (χ0n) is 25.8. The number of thioether (sulfide) groups is 1. The molecule has 4 aromatic carbocycles. The van der Waals surface area contributed by atoms with Crippen molar-refractivity contribution in [3.05, 3.63) is 114 Å². The summed E-state index contributed by atoms with van der Waals surface area (Å²) in [6.07, 6.45) is 1.64. The van der Waals surface area contributed by atoms with Gasteiger partial charge in [-0.05, 0) is 79.2 Å². The third-order valence-electron chi connectivity index (χ3n) is 6.71. The van der Waals surface area contributed by atoms with Gasteiger partial charge in [0.1, 0.15) is 17.2 Å². The van der Waals surface area contributed by atoms with Crippen molar-refractivity contribution in [2.24, 2.45) is 0 Å². The fourth-order valence-electron chi connectivity index (χ4n) is 4.20. The maximum Gasteiger partial charge on any atom is 0.272 e. The predicted molar refractivity (Wildman–Crippen MR) is 181 cm³/mol. The molecule has 0 heterocycles. The highest BCUT2D eigenvalue weighted by atomic mass is 32.2. The highest BCUT2D eigenvalue weighted by Crippen LogP contribution is 2.31. The fraction of sp³-hybridized carbons (Fsp3) is 0.171. The molecule has 0 radical (unpaired) electrons. The Hall–Kier alpha value is -5.22. The van der Waals surface area contributed by atoms with E-state index in [9.17, 15) is 14.4 Å². The van der Waals surface area contributed by atoms with Crippen LogP contribution in [0.3, 0.4) is 0 Å². The minimum atomic E-state index is -0.476. The SMILES string of the molecule is COc1ccc(OC)c(NC(=O)C(C)Sc2ccc(NC(=O)/C(=C/c3ccc(N(C)C)cc3)NC(=O)c3ccccc3)cc2)c1. The van der Waals surface area contributed by atoms with Crippen LogP contribution in [0, 0.1) is 0 Å². The number of nitrogens with one attached hydrogen (secondary N) is 3. The van der Waals surface area contributed by atoms with Gasteiger partial charge >= 0.3 is 0 Å². The van der Waals surface area contributed by atoms with Crippen LogP contribution in [0.1, 0.15) is 22.8 Å². The monoisotopic (exact) mass is 624 g/mol. The van der Waals surface area contributed by atoms with E-state index in [0.717, 1.165) is 16.1 Å². The van der Waals surface area contributed by atoms with Gasteiger partial charge < -0.3 is 30.3 Å². The van der Waals surface area contributed by atoms with Crippen LogP contribution in [-0.4, -0.2) is 51.3 Å². The summed E-state index contributed by atoms with van der Waals surface area (Å²) in [7, 11) is 6.99. The average molecular weight is 625 g/mol. The molecule has 0 bridgehead atoms. The van der Waals surface area contributed by atoms with E-state index < -0.39 is 17.1 Å². The summed E-state index contributed by atoms with van der Waals surface area (Å²) in [6.45, 7) is 1.81. The molecule has 0 aromatic heterocycles. The first-order valence-electron chi connectivity index (χ1n) is 14.1. The number of amides is 3. The normalized spacial score (nSPS) is 11.6. The molecule has 1 unspecified atom stereocenters. The molecule has 0 aliphatic heterocycles. The second-order valence-corrected chi connectivity index (χ2v) is 11.6. The fourth-order valence-corrected chi connectivity index (χ4v) is 5.06. The minimum absolute atomic E-state index is 0.0955. The van der Waals surface area contributed by atoms with Crippen LogP contribution in [0.15, 0.2) is 108 Å². The number of carbonyl (C=O) groups is 3. The molecule has 1 atom stereocenters. The van der Waals surface area contributed by atoms with E-state index in [2.05, 4.69) is 16.0 Å². The lowest BCUT2D eigenvalue weighted by atomic mass is 10.1. The standard InChI is InChI=1S/C35H36N4O5S/c1-23(33(40)37-30-22-28(43-4)17-20-32(30)44-5)45-29-18-13-26(14-19-29)36-35(42)31(38-34(41)25-9-7-6-8-10-25)21-24-11-15-27(16-12-24)39(2)3/h6-23H,1-5H3,(H,36,42)(H,37,40)(H,38,41)/b31-21-. The van der Waals surface area contributed by atoms with Crippen molar-refractivity contribution in [2.75, 3.05) is 43.8 Å². The third kappa shape index (κ3) is 9.14. The number of anilines is 3. The van der Waals surface area contributed by atoms with E-state index in [1.165, 1.54) is 18.9 Å². The van der Waals surface area contributed by atoms with Gasteiger partial charge in [-0.1, -0.05) is 30.3 Å². The number of nitrogens with zero attached hydrogens (tertiary/aromatic N) is 1. The molecule has 10 heteroatoms. The second kappa shape index (κ2) is 15.5. The van der Waals surface area contributed by atoms with Gasteiger partial charge in [0.2, 0.25) is 5.91 Å². The highest BCUT2D eigenvalue weighted by Gasteiger charge is 2.18. The van der Waals surface area contributed by atoms with Crippen molar-refractivity contribution in [3.63, 3.8) is 0 Å². The van der Waals surface area contributed by atoms with Crippen molar-refractivity contribution in [1.29, 1.82) is 0 Å². The van der Waals surface area contributed by atoms with Crippen LogP contribution in [0.25, 0.3) is 6.08 Å². The average Bonchev–Trinajstić information content (AvgIpc) is 3.05. The number of carbonyl (C=O) groups excluding carboxylic acids is 3. The molecule has 3 amide bonds. The molecule has 0 saturated heterocycles. The summed E-state index contributed by atoms with van der Waals surface area (Å²) >= 11 is 1.37.